The predicted molar refractivity (Wildman–Crippen MR) is 117 cm³/mol. The average molecular weight is 465 g/mol. The maximum Gasteiger partial charge on any atom is 0.243 e. The summed E-state index contributed by atoms with van der Waals surface area (Å²) in [5, 5.41) is 12.6. The molecule has 9 nitrogen and oxygen atoms in total. The number of rotatable bonds is 6. The van der Waals surface area contributed by atoms with Crippen molar-refractivity contribution in [1.29, 1.82) is 0 Å². The number of hydrogen-bond acceptors (Lipinski definition) is 7. The van der Waals surface area contributed by atoms with Gasteiger partial charge in [-0.1, -0.05) is 36.7 Å². The summed E-state index contributed by atoms with van der Waals surface area (Å²) < 4.78 is 29.5. The highest BCUT2D eigenvalue weighted by Crippen LogP contribution is 2.31. The van der Waals surface area contributed by atoms with Crippen LogP contribution in [0.4, 0.5) is 0 Å². The van der Waals surface area contributed by atoms with Crippen LogP contribution in [-0.2, 0) is 14.8 Å². The highest BCUT2D eigenvalue weighted by atomic mass is 32.2. The number of carbonyl (C=O) groups excluding carboxylic acids is 1. The first-order valence-electron chi connectivity index (χ1n) is 10.6. The molecule has 1 aromatic carbocycles. The number of thioether (sulfide) groups is 1. The largest absolute Gasteiger partial charge is 0.339 e. The number of aryl methyl sites for hydroxylation is 2. The van der Waals surface area contributed by atoms with Crippen LogP contribution >= 0.6 is 11.8 Å². The molecule has 4 rings (SSSR count). The third kappa shape index (κ3) is 4.78. The van der Waals surface area contributed by atoms with Gasteiger partial charge in [0.1, 0.15) is 0 Å². The molecular formula is C20H28N6O3S2. The van der Waals surface area contributed by atoms with Gasteiger partial charge in [-0.3, -0.25) is 4.79 Å². The van der Waals surface area contributed by atoms with E-state index in [9.17, 15) is 13.2 Å². The molecule has 31 heavy (non-hydrogen) atoms. The van der Waals surface area contributed by atoms with Gasteiger partial charge in [-0.05, 0) is 54.3 Å². The fourth-order valence-electron chi connectivity index (χ4n) is 4.18. The van der Waals surface area contributed by atoms with Crippen LogP contribution in [0, 0.1) is 13.8 Å². The van der Waals surface area contributed by atoms with Crippen LogP contribution in [0.5, 0.6) is 0 Å². The van der Waals surface area contributed by atoms with Gasteiger partial charge in [0.15, 0.2) is 0 Å². The van der Waals surface area contributed by atoms with Crippen LogP contribution in [0.2, 0.25) is 0 Å². The third-order valence-corrected chi connectivity index (χ3v) is 8.97. The summed E-state index contributed by atoms with van der Waals surface area (Å²) in [6, 6.07) is 5.78. The lowest BCUT2D eigenvalue weighted by Crippen LogP contribution is -2.51. The zero-order chi connectivity index (χ0) is 22.0. The highest BCUT2D eigenvalue weighted by molar-refractivity contribution is 7.99. The number of sulfonamides is 1. The van der Waals surface area contributed by atoms with E-state index in [0.29, 0.717) is 42.3 Å². The quantitative estimate of drug-likeness (QED) is 0.603. The zero-order valence-corrected chi connectivity index (χ0v) is 19.5. The van der Waals surface area contributed by atoms with Gasteiger partial charge in [-0.15, -0.1) is 5.10 Å². The highest BCUT2D eigenvalue weighted by Gasteiger charge is 2.31. The number of piperazine rings is 1. The molecule has 1 aliphatic heterocycles. The second kappa shape index (κ2) is 9.25. The van der Waals surface area contributed by atoms with Crippen LogP contribution in [0.3, 0.4) is 0 Å². The standard InChI is InChI=1S/C20H28N6O3S2/c1-15-7-8-16(2)18(13-15)31(28,29)25-11-9-24(10-12-25)19(27)14-30-20-21-22-23-26(20)17-5-3-4-6-17/h7-8,13,17H,3-6,9-12,14H2,1-2H3. The van der Waals surface area contributed by atoms with Crippen molar-refractivity contribution in [3.05, 3.63) is 29.3 Å². The molecule has 0 N–H and O–H groups in total. The zero-order valence-electron chi connectivity index (χ0n) is 17.9. The summed E-state index contributed by atoms with van der Waals surface area (Å²) in [7, 11) is -3.57. The van der Waals surface area contributed by atoms with E-state index in [0.717, 1.165) is 24.0 Å². The SMILES string of the molecule is Cc1ccc(C)c(S(=O)(=O)N2CCN(C(=O)CSc3nnnn3C3CCCC3)CC2)c1. The van der Waals surface area contributed by atoms with Crippen LogP contribution in [-0.4, -0.2) is 75.7 Å². The number of aromatic nitrogens is 4. The van der Waals surface area contributed by atoms with Gasteiger partial charge in [-0.25, -0.2) is 13.1 Å². The number of amides is 1. The van der Waals surface area contributed by atoms with E-state index >= 15 is 0 Å². The normalized spacial score (nSPS) is 18.6. The lowest BCUT2D eigenvalue weighted by molar-refractivity contribution is -0.129. The first-order chi connectivity index (χ1) is 14.9. The maximum atomic E-state index is 13.1. The fraction of sp³-hybridized carbons (Fsp3) is 0.600. The Morgan fingerprint density at radius 2 is 1.84 bits per heavy atom. The Morgan fingerprint density at radius 1 is 1.13 bits per heavy atom. The van der Waals surface area contributed by atoms with Crippen molar-refractivity contribution < 1.29 is 13.2 Å². The molecule has 1 saturated carbocycles. The summed E-state index contributed by atoms with van der Waals surface area (Å²) in [6.45, 7) is 5.06. The minimum absolute atomic E-state index is 0.0187. The molecule has 1 aliphatic carbocycles. The fourth-order valence-corrected chi connectivity index (χ4v) is 6.76. The van der Waals surface area contributed by atoms with E-state index < -0.39 is 10.0 Å². The van der Waals surface area contributed by atoms with Crippen LogP contribution in [0.1, 0.15) is 42.9 Å². The maximum absolute atomic E-state index is 13.1. The Morgan fingerprint density at radius 3 is 2.55 bits per heavy atom. The summed E-state index contributed by atoms with van der Waals surface area (Å²) in [4.78, 5) is 14.8. The first kappa shape index (κ1) is 22.2. The van der Waals surface area contributed by atoms with Crippen molar-refractivity contribution in [3.63, 3.8) is 0 Å². The lowest BCUT2D eigenvalue weighted by atomic mass is 10.2. The van der Waals surface area contributed by atoms with Gasteiger partial charge in [0, 0.05) is 26.2 Å². The summed E-state index contributed by atoms with van der Waals surface area (Å²) >= 11 is 1.35. The average Bonchev–Trinajstić information content (AvgIpc) is 3.45. The predicted octanol–water partition coefficient (Wildman–Crippen LogP) is 2.03. The minimum atomic E-state index is -3.57. The molecular weight excluding hydrogens is 436 g/mol. The second-order valence-electron chi connectivity index (χ2n) is 8.19. The number of nitrogens with zero attached hydrogens (tertiary/aromatic N) is 6. The van der Waals surface area contributed by atoms with E-state index in [4.69, 9.17) is 0 Å². The van der Waals surface area contributed by atoms with Gasteiger partial charge in [0.05, 0.1) is 16.7 Å². The molecule has 168 valence electrons. The van der Waals surface area contributed by atoms with Gasteiger partial charge in [0.2, 0.25) is 21.1 Å². The molecule has 0 unspecified atom stereocenters. The molecule has 2 heterocycles. The van der Waals surface area contributed by atoms with Crippen molar-refractivity contribution in [2.45, 2.75) is 55.6 Å². The van der Waals surface area contributed by atoms with Crippen LogP contribution in [0.25, 0.3) is 0 Å². The van der Waals surface area contributed by atoms with Gasteiger partial charge in [-0.2, -0.15) is 4.31 Å². The van der Waals surface area contributed by atoms with E-state index in [2.05, 4.69) is 15.5 Å². The van der Waals surface area contributed by atoms with Crippen molar-refractivity contribution in [3.8, 4) is 0 Å². The molecule has 0 atom stereocenters. The summed E-state index contributed by atoms with van der Waals surface area (Å²) in [5.74, 6) is 0.228. The Labute approximate surface area is 187 Å². The number of carbonyl (C=O) groups is 1. The van der Waals surface area contributed by atoms with Gasteiger partial charge < -0.3 is 4.90 Å². The molecule has 1 aromatic heterocycles. The first-order valence-corrected chi connectivity index (χ1v) is 13.0. The molecule has 1 saturated heterocycles. The minimum Gasteiger partial charge on any atom is -0.339 e. The smallest absolute Gasteiger partial charge is 0.243 e. The molecule has 2 aliphatic rings. The molecule has 1 amide bonds. The van der Waals surface area contributed by atoms with Crippen molar-refractivity contribution in [1.82, 2.24) is 29.4 Å². The Kier molecular flexibility index (Phi) is 6.63. The Hall–Kier alpha value is -1.98. The van der Waals surface area contributed by atoms with Crippen molar-refractivity contribution in [2.24, 2.45) is 0 Å². The van der Waals surface area contributed by atoms with Crippen molar-refractivity contribution >= 4 is 27.7 Å². The van der Waals surface area contributed by atoms with Crippen LogP contribution in [0.15, 0.2) is 28.3 Å². The number of tetrazole rings is 1. The molecule has 0 spiro atoms. The molecule has 2 aromatic rings. The Bertz CT molecular complexity index is 1040. The third-order valence-electron chi connectivity index (χ3n) is 6.01. The van der Waals surface area contributed by atoms with E-state index in [1.807, 2.05) is 30.7 Å². The van der Waals surface area contributed by atoms with E-state index in [1.54, 1.807) is 11.0 Å². The lowest BCUT2D eigenvalue weighted by Gasteiger charge is -2.34. The summed E-state index contributed by atoms with van der Waals surface area (Å²) in [5.41, 5.74) is 1.65. The molecule has 0 bridgehead atoms. The number of hydrogen-bond donors (Lipinski definition) is 0. The summed E-state index contributed by atoms with van der Waals surface area (Å²) in [6.07, 6.45) is 4.51. The molecule has 2 fully saturated rings. The number of benzene rings is 1. The van der Waals surface area contributed by atoms with Crippen molar-refractivity contribution in [2.75, 3.05) is 31.9 Å². The topological polar surface area (TPSA) is 101 Å². The Balaban J connectivity index is 1.33. The van der Waals surface area contributed by atoms with Gasteiger partial charge in [0.25, 0.3) is 0 Å². The van der Waals surface area contributed by atoms with E-state index in [-0.39, 0.29) is 11.7 Å². The monoisotopic (exact) mass is 464 g/mol. The second-order valence-corrected chi connectivity index (χ2v) is 11.0. The van der Waals surface area contributed by atoms with Gasteiger partial charge >= 0.3 is 0 Å². The molecule has 11 heteroatoms. The van der Waals surface area contributed by atoms with E-state index in [1.165, 1.54) is 28.9 Å². The molecule has 0 radical (unpaired) electrons. The van der Waals surface area contributed by atoms with Crippen LogP contribution < -0.4 is 0 Å².